The Hall–Kier alpha value is -3.25. The zero-order chi connectivity index (χ0) is 23.5. The number of rotatable bonds is 11. The second-order valence-electron chi connectivity index (χ2n) is 7.60. The van der Waals surface area contributed by atoms with Crippen LogP contribution in [-0.4, -0.2) is 42.7 Å². The maximum atomic E-state index is 13.4. The van der Waals surface area contributed by atoms with Crippen LogP contribution in [0.5, 0.6) is 5.75 Å². The van der Waals surface area contributed by atoms with Crippen molar-refractivity contribution in [3.05, 3.63) is 96.1 Å². The highest BCUT2D eigenvalue weighted by Gasteiger charge is 2.29. The number of carbonyl (C=O) groups excluding carboxylic acids is 2. The monoisotopic (exact) mass is 462 g/mol. The Morgan fingerprint density at radius 3 is 2.27 bits per heavy atom. The third-order valence-electron chi connectivity index (χ3n) is 5.33. The summed E-state index contributed by atoms with van der Waals surface area (Å²) in [6.07, 6.45) is 0.786. The number of hydrogen-bond acceptors (Lipinski definition) is 4. The summed E-state index contributed by atoms with van der Waals surface area (Å²) in [6, 6.07) is 26.8. The summed E-state index contributed by atoms with van der Waals surface area (Å²) in [5.74, 6) is 1.14. The molecule has 33 heavy (non-hydrogen) atoms. The summed E-state index contributed by atoms with van der Waals surface area (Å²) < 4.78 is 5.35. The summed E-state index contributed by atoms with van der Waals surface area (Å²) in [5.41, 5.74) is 1.92. The Morgan fingerprint density at radius 1 is 0.939 bits per heavy atom. The van der Waals surface area contributed by atoms with Gasteiger partial charge in [0.05, 0.1) is 7.11 Å². The summed E-state index contributed by atoms with van der Waals surface area (Å²) >= 11 is 1.64. The lowest BCUT2D eigenvalue weighted by Gasteiger charge is -2.31. The molecule has 0 saturated carbocycles. The SMILES string of the molecule is CNC(=O)C(Cc1ccccc1)N(Cc1cccc(OC)c1)C(=O)CCSc1ccccc1. The average Bonchev–Trinajstić information content (AvgIpc) is 2.87. The molecule has 3 aromatic rings. The van der Waals surface area contributed by atoms with Gasteiger partial charge in [-0.1, -0.05) is 60.7 Å². The van der Waals surface area contributed by atoms with E-state index in [1.807, 2.05) is 84.9 Å². The summed E-state index contributed by atoms with van der Waals surface area (Å²) in [7, 11) is 3.23. The molecule has 6 heteroatoms. The van der Waals surface area contributed by atoms with Crippen LogP contribution in [0.4, 0.5) is 0 Å². The number of benzene rings is 3. The highest BCUT2D eigenvalue weighted by atomic mass is 32.2. The molecule has 0 aliphatic rings. The molecule has 0 bridgehead atoms. The first-order chi connectivity index (χ1) is 16.1. The molecule has 0 fully saturated rings. The molecule has 172 valence electrons. The van der Waals surface area contributed by atoms with Crippen molar-refractivity contribution in [2.75, 3.05) is 19.9 Å². The van der Waals surface area contributed by atoms with Gasteiger partial charge in [0.1, 0.15) is 11.8 Å². The van der Waals surface area contributed by atoms with Crippen LogP contribution in [-0.2, 0) is 22.6 Å². The lowest BCUT2D eigenvalue weighted by atomic mass is 10.0. The Morgan fingerprint density at radius 2 is 1.61 bits per heavy atom. The van der Waals surface area contributed by atoms with Crippen molar-refractivity contribution in [3.63, 3.8) is 0 Å². The fraction of sp³-hybridized carbons (Fsp3) is 0.259. The average molecular weight is 463 g/mol. The number of amides is 2. The quantitative estimate of drug-likeness (QED) is 0.424. The first kappa shape index (κ1) is 24.4. The van der Waals surface area contributed by atoms with Crippen LogP contribution in [0.3, 0.4) is 0 Å². The predicted octanol–water partition coefficient (Wildman–Crippen LogP) is 4.56. The highest BCUT2D eigenvalue weighted by Crippen LogP contribution is 2.22. The minimum atomic E-state index is -0.613. The molecular formula is C27H30N2O3S. The van der Waals surface area contributed by atoms with E-state index in [-0.39, 0.29) is 11.8 Å². The number of nitrogens with zero attached hydrogens (tertiary/aromatic N) is 1. The molecule has 0 radical (unpaired) electrons. The first-order valence-electron chi connectivity index (χ1n) is 11.0. The van der Waals surface area contributed by atoms with Crippen molar-refractivity contribution >= 4 is 23.6 Å². The molecule has 1 unspecified atom stereocenters. The lowest BCUT2D eigenvalue weighted by molar-refractivity contribution is -0.140. The van der Waals surface area contributed by atoms with E-state index in [9.17, 15) is 9.59 Å². The number of methoxy groups -OCH3 is 1. The molecule has 5 nitrogen and oxygen atoms in total. The standard InChI is InChI=1S/C27H30N2O3S/c1-28-27(31)25(19-21-10-5-3-6-11-21)29(20-22-12-9-13-23(18-22)32-2)26(30)16-17-33-24-14-7-4-8-15-24/h3-15,18,25H,16-17,19-20H2,1-2H3,(H,28,31). The van der Waals surface area contributed by atoms with Crippen molar-refractivity contribution in [2.45, 2.75) is 30.3 Å². The van der Waals surface area contributed by atoms with Gasteiger partial charge in [-0.2, -0.15) is 0 Å². The molecule has 0 saturated heterocycles. The normalized spacial score (nSPS) is 11.5. The predicted molar refractivity (Wildman–Crippen MR) is 133 cm³/mol. The van der Waals surface area contributed by atoms with Crippen molar-refractivity contribution < 1.29 is 14.3 Å². The van der Waals surface area contributed by atoms with Crippen LogP contribution in [0.25, 0.3) is 0 Å². The fourth-order valence-electron chi connectivity index (χ4n) is 3.60. The summed E-state index contributed by atoms with van der Waals surface area (Å²) in [4.78, 5) is 29.2. The van der Waals surface area contributed by atoms with E-state index < -0.39 is 6.04 Å². The van der Waals surface area contributed by atoms with E-state index in [1.54, 1.807) is 30.8 Å². The third kappa shape index (κ3) is 7.39. The Balaban J connectivity index is 1.82. The molecular weight excluding hydrogens is 432 g/mol. The van der Waals surface area contributed by atoms with E-state index in [0.29, 0.717) is 25.1 Å². The highest BCUT2D eigenvalue weighted by molar-refractivity contribution is 7.99. The Labute approximate surface area is 200 Å². The molecule has 1 atom stereocenters. The van der Waals surface area contributed by atoms with Gasteiger partial charge in [0, 0.05) is 37.1 Å². The van der Waals surface area contributed by atoms with Crippen LogP contribution < -0.4 is 10.1 Å². The molecule has 0 aliphatic heterocycles. The van der Waals surface area contributed by atoms with Gasteiger partial charge in [-0.05, 0) is 35.4 Å². The van der Waals surface area contributed by atoms with Crippen molar-refractivity contribution in [1.29, 1.82) is 0 Å². The van der Waals surface area contributed by atoms with Crippen LogP contribution in [0.15, 0.2) is 89.8 Å². The third-order valence-corrected chi connectivity index (χ3v) is 6.35. The first-order valence-corrected chi connectivity index (χ1v) is 11.9. The van der Waals surface area contributed by atoms with Gasteiger partial charge in [0.25, 0.3) is 0 Å². The second-order valence-corrected chi connectivity index (χ2v) is 8.77. The van der Waals surface area contributed by atoms with Gasteiger partial charge in [0.15, 0.2) is 0 Å². The van der Waals surface area contributed by atoms with Gasteiger partial charge in [0.2, 0.25) is 11.8 Å². The van der Waals surface area contributed by atoms with Gasteiger partial charge in [-0.15, -0.1) is 11.8 Å². The molecule has 0 heterocycles. The molecule has 2 amide bonds. The van der Waals surface area contributed by atoms with Gasteiger partial charge in [-0.25, -0.2) is 0 Å². The van der Waals surface area contributed by atoms with Gasteiger partial charge < -0.3 is 15.0 Å². The lowest BCUT2D eigenvalue weighted by Crippen LogP contribution is -2.49. The van der Waals surface area contributed by atoms with Gasteiger partial charge >= 0.3 is 0 Å². The Bertz CT molecular complexity index is 1030. The minimum absolute atomic E-state index is 0.0502. The number of thioether (sulfide) groups is 1. The second kappa shape index (κ2) is 12.7. The number of ether oxygens (including phenoxy) is 1. The maximum Gasteiger partial charge on any atom is 0.242 e. The Kier molecular flexibility index (Phi) is 9.39. The maximum absolute atomic E-state index is 13.4. The largest absolute Gasteiger partial charge is 0.497 e. The number of likely N-dealkylation sites (N-methyl/N-ethyl adjacent to an activating group) is 1. The van der Waals surface area contributed by atoms with E-state index in [2.05, 4.69) is 5.32 Å². The minimum Gasteiger partial charge on any atom is -0.497 e. The zero-order valence-electron chi connectivity index (χ0n) is 19.1. The number of carbonyl (C=O) groups is 2. The van der Waals surface area contributed by atoms with E-state index in [1.165, 1.54) is 0 Å². The summed E-state index contributed by atoms with van der Waals surface area (Å²) in [5, 5.41) is 2.75. The molecule has 1 N–H and O–H groups in total. The van der Waals surface area contributed by atoms with E-state index >= 15 is 0 Å². The molecule has 3 aromatic carbocycles. The number of hydrogen-bond donors (Lipinski definition) is 1. The topological polar surface area (TPSA) is 58.6 Å². The van der Waals surface area contributed by atoms with Crippen molar-refractivity contribution in [1.82, 2.24) is 10.2 Å². The van der Waals surface area contributed by atoms with Crippen molar-refractivity contribution in [2.24, 2.45) is 0 Å². The van der Waals surface area contributed by atoms with E-state index in [4.69, 9.17) is 4.74 Å². The van der Waals surface area contributed by atoms with Crippen molar-refractivity contribution in [3.8, 4) is 5.75 Å². The smallest absolute Gasteiger partial charge is 0.242 e. The van der Waals surface area contributed by atoms with Crippen LogP contribution in [0.2, 0.25) is 0 Å². The van der Waals surface area contributed by atoms with Crippen LogP contribution in [0.1, 0.15) is 17.5 Å². The molecule has 0 aromatic heterocycles. The molecule has 0 aliphatic carbocycles. The summed E-state index contributed by atoms with van der Waals surface area (Å²) in [6.45, 7) is 0.330. The van der Waals surface area contributed by atoms with Gasteiger partial charge in [-0.3, -0.25) is 9.59 Å². The number of nitrogens with one attached hydrogen (secondary N) is 1. The molecule has 0 spiro atoms. The van der Waals surface area contributed by atoms with Crippen LogP contribution in [0, 0.1) is 0 Å². The van der Waals surface area contributed by atoms with Crippen LogP contribution >= 0.6 is 11.8 Å². The fourth-order valence-corrected chi connectivity index (χ4v) is 4.47. The molecule has 3 rings (SSSR count). The zero-order valence-corrected chi connectivity index (χ0v) is 19.9. The van der Waals surface area contributed by atoms with E-state index in [0.717, 1.165) is 21.8 Å².